The van der Waals surface area contributed by atoms with Crippen molar-refractivity contribution in [1.29, 1.82) is 0 Å². The van der Waals surface area contributed by atoms with Crippen LogP contribution in [0.1, 0.15) is 12.5 Å². The Bertz CT molecular complexity index is 1630. The average molecular weight is 635 g/mol. The van der Waals surface area contributed by atoms with Crippen molar-refractivity contribution in [3.05, 3.63) is 115 Å². The molecule has 4 nitrogen and oxygen atoms in total. The van der Waals surface area contributed by atoms with E-state index in [1.807, 2.05) is 54.7 Å². The Hall–Kier alpha value is -3.75. The van der Waals surface area contributed by atoms with Crippen LogP contribution < -0.4 is 4.74 Å². The first-order valence-corrected chi connectivity index (χ1v) is 11.3. The maximum atomic E-state index is 6.10. The van der Waals surface area contributed by atoms with Crippen LogP contribution in [-0.2, 0) is 27.5 Å². The number of benzene rings is 3. The Morgan fingerprint density at radius 3 is 2.43 bits per heavy atom. The third kappa shape index (κ3) is 4.26. The molecule has 6 aromatic rings. The molecule has 0 amide bonds. The molecule has 0 saturated heterocycles. The van der Waals surface area contributed by atoms with E-state index in [9.17, 15) is 0 Å². The Kier molecular flexibility index (Phi) is 6.48. The van der Waals surface area contributed by atoms with E-state index in [1.54, 1.807) is 6.20 Å². The Morgan fingerprint density at radius 2 is 1.57 bits per heavy atom. The van der Waals surface area contributed by atoms with Gasteiger partial charge in [0.05, 0.1) is 0 Å². The summed E-state index contributed by atoms with van der Waals surface area (Å²) in [6.07, 6.45) is 4.42. The Morgan fingerprint density at radius 1 is 0.743 bits per heavy atom. The summed E-state index contributed by atoms with van der Waals surface area (Å²) in [4.78, 5) is 9.01. The molecule has 0 bridgehead atoms. The molecule has 0 fully saturated rings. The van der Waals surface area contributed by atoms with Crippen LogP contribution >= 0.6 is 0 Å². The largest absolute Gasteiger partial charge is 2.00 e. The normalized spacial score (nSPS) is 10.9. The molecule has 0 saturated carbocycles. The van der Waals surface area contributed by atoms with E-state index >= 15 is 0 Å². The van der Waals surface area contributed by atoms with Crippen LogP contribution in [0.15, 0.2) is 97.3 Å². The number of pyridine rings is 2. The number of aryl methyl sites for hydroxylation is 1. The van der Waals surface area contributed by atoms with E-state index < -0.39 is 0 Å². The molecule has 172 valence electrons. The third-order valence-electron chi connectivity index (χ3n) is 5.96. The van der Waals surface area contributed by atoms with Crippen LogP contribution in [0.25, 0.3) is 38.8 Å². The van der Waals surface area contributed by atoms with E-state index in [4.69, 9.17) is 4.74 Å². The number of fused-ring (bicyclic) bond motifs is 3. The molecular formula is C30H21N3OPt. The molecule has 6 rings (SSSR count). The molecule has 0 atom stereocenters. The minimum absolute atomic E-state index is 0. The Labute approximate surface area is 218 Å². The molecule has 0 aliphatic rings. The SMILES string of the molecule is CCc1cccnc1Oc1[c-]c(-c2[c-]c3c(cc2)c2ccccc2n3-c2ccccn2)ccc1.[Pt+2]. The number of hydrogen-bond donors (Lipinski definition) is 0. The molecule has 0 unspecified atom stereocenters. The summed E-state index contributed by atoms with van der Waals surface area (Å²) in [5.74, 6) is 2.11. The molecule has 5 heteroatoms. The number of rotatable bonds is 5. The predicted octanol–water partition coefficient (Wildman–Crippen LogP) is 7.19. The number of ether oxygens (including phenoxy) is 1. The molecule has 0 radical (unpaired) electrons. The van der Waals surface area contributed by atoms with Crippen molar-refractivity contribution in [3.8, 4) is 28.6 Å². The van der Waals surface area contributed by atoms with Crippen LogP contribution in [0, 0.1) is 12.1 Å². The molecule has 35 heavy (non-hydrogen) atoms. The molecule has 3 aromatic heterocycles. The first kappa shape index (κ1) is 23.0. The van der Waals surface area contributed by atoms with Crippen LogP contribution in [0.5, 0.6) is 11.6 Å². The second kappa shape index (κ2) is 9.85. The maximum absolute atomic E-state index is 6.10. The fourth-order valence-electron chi connectivity index (χ4n) is 4.33. The topological polar surface area (TPSA) is 39.9 Å². The van der Waals surface area contributed by atoms with Crippen molar-refractivity contribution in [3.63, 3.8) is 0 Å². The number of nitrogens with zero attached hydrogens (tertiary/aromatic N) is 3. The first-order chi connectivity index (χ1) is 16.8. The number of para-hydroxylation sites is 1. The van der Waals surface area contributed by atoms with E-state index in [0.29, 0.717) is 11.6 Å². The average Bonchev–Trinajstić information content (AvgIpc) is 3.23. The van der Waals surface area contributed by atoms with E-state index in [1.165, 1.54) is 5.39 Å². The second-order valence-electron chi connectivity index (χ2n) is 8.03. The number of aromatic nitrogens is 3. The van der Waals surface area contributed by atoms with Gasteiger partial charge in [0.25, 0.3) is 0 Å². The van der Waals surface area contributed by atoms with Gasteiger partial charge in [-0.05, 0) is 41.6 Å². The minimum atomic E-state index is 0. The molecule has 0 N–H and O–H groups in total. The van der Waals surface area contributed by atoms with Crippen LogP contribution in [0.2, 0.25) is 0 Å². The van der Waals surface area contributed by atoms with Crippen molar-refractivity contribution in [2.75, 3.05) is 0 Å². The fraction of sp³-hybridized carbons (Fsp3) is 0.0667. The van der Waals surface area contributed by atoms with Crippen LogP contribution in [-0.4, -0.2) is 14.5 Å². The first-order valence-electron chi connectivity index (χ1n) is 11.3. The fourth-order valence-corrected chi connectivity index (χ4v) is 4.33. The number of hydrogen-bond acceptors (Lipinski definition) is 3. The van der Waals surface area contributed by atoms with Gasteiger partial charge in [-0.25, -0.2) is 21.1 Å². The van der Waals surface area contributed by atoms with E-state index in [2.05, 4.69) is 70.0 Å². The van der Waals surface area contributed by atoms with Gasteiger partial charge in [0.1, 0.15) is 5.82 Å². The summed E-state index contributed by atoms with van der Waals surface area (Å²) < 4.78 is 8.26. The summed E-state index contributed by atoms with van der Waals surface area (Å²) in [5.41, 5.74) is 5.00. The van der Waals surface area contributed by atoms with Gasteiger partial charge in [-0.2, -0.15) is 24.3 Å². The van der Waals surface area contributed by atoms with Gasteiger partial charge in [-0.15, -0.1) is 18.2 Å². The van der Waals surface area contributed by atoms with Gasteiger partial charge < -0.3 is 9.30 Å². The molecule has 0 aliphatic carbocycles. The zero-order valence-electron chi connectivity index (χ0n) is 19.0. The van der Waals surface area contributed by atoms with Crippen molar-refractivity contribution in [2.45, 2.75) is 13.3 Å². The standard InChI is InChI=1S/C30H21N3O.Pt/c1-2-21-10-8-18-32-30(21)34-24-11-7-9-22(19-24)23-15-16-26-25-12-3-4-13-27(25)33(28(26)20-23)29-14-5-6-17-31-29;/h3-18H,2H2,1H3;/q-2;+2. The summed E-state index contributed by atoms with van der Waals surface area (Å²) in [7, 11) is 0. The summed E-state index contributed by atoms with van der Waals surface area (Å²) in [6.45, 7) is 2.09. The van der Waals surface area contributed by atoms with Crippen LogP contribution in [0.3, 0.4) is 0 Å². The van der Waals surface area contributed by atoms with Gasteiger partial charge in [-0.3, -0.25) is 0 Å². The van der Waals surface area contributed by atoms with Crippen molar-refractivity contribution < 1.29 is 25.8 Å². The minimum Gasteiger partial charge on any atom is -0.460 e. The third-order valence-corrected chi connectivity index (χ3v) is 5.96. The summed E-state index contributed by atoms with van der Waals surface area (Å²) >= 11 is 0. The van der Waals surface area contributed by atoms with Crippen molar-refractivity contribution in [1.82, 2.24) is 14.5 Å². The molecule has 0 spiro atoms. The zero-order valence-corrected chi connectivity index (χ0v) is 21.3. The Balaban J connectivity index is 0.00000253. The van der Waals surface area contributed by atoms with Gasteiger partial charge >= 0.3 is 21.1 Å². The second-order valence-corrected chi connectivity index (χ2v) is 8.03. The van der Waals surface area contributed by atoms with E-state index in [0.717, 1.165) is 45.3 Å². The molecular weight excluding hydrogens is 613 g/mol. The van der Waals surface area contributed by atoms with Gasteiger partial charge in [-0.1, -0.05) is 42.6 Å². The summed E-state index contributed by atoms with van der Waals surface area (Å²) in [6, 6.07) is 35.5. The van der Waals surface area contributed by atoms with Gasteiger partial charge in [0, 0.05) is 29.2 Å². The molecule has 3 heterocycles. The van der Waals surface area contributed by atoms with Crippen LogP contribution in [0.4, 0.5) is 0 Å². The molecule has 3 aromatic carbocycles. The van der Waals surface area contributed by atoms with E-state index in [-0.39, 0.29) is 21.1 Å². The van der Waals surface area contributed by atoms with Crippen molar-refractivity contribution in [2.24, 2.45) is 0 Å². The monoisotopic (exact) mass is 634 g/mol. The molecule has 0 aliphatic heterocycles. The smallest absolute Gasteiger partial charge is 0.460 e. The predicted molar refractivity (Wildman–Crippen MR) is 135 cm³/mol. The van der Waals surface area contributed by atoms with Gasteiger partial charge in [0.2, 0.25) is 5.88 Å². The zero-order chi connectivity index (χ0) is 22.9. The van der Waals surface area contributed by atoms with Gasteiger partial charge in [0.15, 0.2) is 0 Å². The van der Waals surface area contributed by atoms with Crippen molar-refractivity contribution >= 4 is 21.8 Å². The quantitative estimate of drug-likeness (QED) is 0.189. The maximum Gasteiger partial charge on any atom is 2.00 e. The summed E-state index contributed by atoms with van der Waals surface area (Å²) in [5, 5.41) is 2.31.